The lowest BCUT2D eigenvalue weighted by atomic mass is 10.0. The average molecular weight is 398 g/mol. The number of methoxy groups -OCH3 is 1. The summed E-state index contributed by atoms with van der Waals surface area (Å²) in [4.78, 5) is 16.1. The summed E-state index contributed by atoms with van der Waals surface area (Å²) < 4.78 is 11.4. The summed E-state index contributed by atoms with van der Waals surface area (Å²) in [5.41, 5.74) is 7.85. The zero-order valence-electron chi connectivity index (χ0n) is 17.5. The van der Waals surface area contributed by atoms with Gasteiger partial charge >= 0.3 is 0 Å². The van der Waals surface area contributed by atoms with Crippen molar-refractivity contribution >= 4 is 11.6 Å². The largest absolute Gasteiger partial charge is 0.493 e. The van der Waals surface area contributed by atoms with E-state index in [-0.39, 0.29) is 24.6 Å². The number of rotatable bonds is 8. The van der Waals surface area contributed by atoms with E-state index in [1.54, 1.807) is 7.11 Å². The second-order valence-electron chi connectivity index (χ2n) is 7.73. The number of nitrogens with two attached hydrogens (primary N) is 1. The number of hydrogen-bond donors (Lipinski definition) is 1. The molecule has 0 aromatic heterocycles. The second-order valence-corrected chi connectivity index (χ2v) is 7.73. The lowest BCUT2D eigenvalue weighted by molar-refractivity contribution is -0.119. The molecular weight excluding hydrogens is 366 g/mol. The molecule has 3 rings (SSSR count). The minimum absolute atomic E-state index is 0.0670. The number of amides is 1. The first-order valence-corrected chi connectivity index (χ1v) is 10.1. The van der Waals surface area contributed by atoms with E-state index in [0.717, 1.165) is 43.2 Å². The summed E-state index contributed by atoms with van der Waals surface area (Å²) in [5, 5.41) is 0. The average Bonchev–Trinajstić information content (AvgIpc) is 2.69. The Morgan fingerprint density at radius 3 is 2.55 bits per heavy atom. The van der Waals surface area contributed by atoms with Crippen molar-refractivity contribution in [3.63, 3.8) is 0 Å². The Balaban J connectivity index is 1.81. The smallest absolute Gasteiger partial charge is 0.231 e. The molecule has 1 saturated heterocycles. The van der Waals surface area contributed by atoms with Crippen molar-refractivity contribution in [1.29, 1.82) is 0 Å². The second kappa shape index (κ2) is 9.65. The normalized spacial score (nSPS) is 17.4. The monoisotopic (exact) mass is 397 g/mol. The van der Waals surface area contributed by atoms with E-state index in [1.807, 2.05) is 44.2 Å². The highest BCUT2D eigenvalue weighted by Crippen LogP contribution is 2.33. The van der Waals surface area contributed by atoms with Crippen LogP contribution in [0.4, 0.5) is 5.69 Å². The van der Waals surface area contributed by atoms with E-state index in [9.17, 15) is 4.79 Å². The van der Waals surface area contributed by atoms with Gasteiger partial charge in [-0.1, -0.05) is 30.3 Å². The maximum Gasteiger partial charge on any atom is 0.231 e. The van der Waals surface area contributed by atoms with Gasteiger partial charge in [-0.25, -0.2) is 0 Å². The molecule has 1 fully saturated rings. The number of primary amides is 1. The Bertz CT molecular complexity index is 810. The summed E-state index contributed by atoms with van der Waals surface area (Å²) in [7, 11) is 1.65. The molecule has 29 heavy (non-hydrogen) atoms. The molecule has 1 aliphatic rings. The topological polar surface area (TPSA) is 68.0 Å². The molecule has 6 nitrogen and oxygen atoms in total. The SMILES string of the molecule is COc1ccc(N2CCN(CC(N)=O)C(Cc3ccccc3)C2)cc1OC(C)C. The number of nitrogens with zero attached hydrogens (tertiary/aromatic N) is 2. The summed E-state index contributed by atoms with van der Waals surface area (Å²) >= 11 is 0. The van der Waals surface area contributed by atoms with E-state index in [1.165, 1.54) is 5.56 Å². The molecule has 1 aliphatic heterocycles. The molecule has 0 saturated carbocycles. The van der Waals surface area contributed by atoms with Gasteiger partial charge in [0.15, 0.2) is 11.5 Å². The van der Waals surface area contributed by atoms with Crippen molar-refractivity contribution in [1.82, 2.24) is 4.90 Å². The zero-order valence-corrected chi connectivity index (χ0v) is 17.5. The lowest BCUT2D eigenvalue weighted by Gasteiger charge is -2.42. The molecule has 0 aliphatic carbocycles. The fourth-order valence-electron chi connectivity index (χ4n) is 3.82. The molecular formula is C23H31N3O3. The maximum absolute atomic E-state index is 11.6. The molecule has 2 aromatic rings. The van der Waals surface area contributed by atoms with Crippen molar-refractivity contribution in [2.75, 3.05) is 38.2 Å². The quantitative estimate of drug-likeness (QED) is 0.742. The van der Waals surface area contributed by atoms with E-state index < -0.39 is 0 Å². The lowest BCUT2D eigenvalue weighted by Crippen LogP contribution is -2.56. The van der Waals surface area contributed by atoms with E-state index in [4.69, 9.17) is 15.2 Å². The number of anilines is 1. The van der Waals surface area contributed by atoms with Gasteiger partial charge in [-0.05, 0) is 38.0 Å². The number of carbonyl (C=O) groups excluding carboxylic acids is 1. The fourth-order valence-corrected chi connectivity index (χ4v) is 3.82. The van der Waals surface area contributed by atoms with Crippen LogP contribution in [0.2, 0.25) is 0 Å². The predicted octanol–water partition coefficient (Wildman–Crippen LogP) is 2.70. The molecule has 2 N–H and O–H groups in total. The first-order chi connectivity index (χ1) is 14.0. The minimum atomic E-state index is -0.284. The summed E-state index contributed by atoms with van der Waals surface area (Å²) in [6.45, 7) is 6.72. The summed E-state index contributed by atoms with van der Waals surface area (Å²) in [5.74, 6) is 1.20. The minimum Gasteiger partial charge on any atom is -0.493 e. The Morgan fingerprint density at radius 2 is 1.90 bits per heavy atom. The highest BCUT2D eigenvalue weighted by molar-refractivity contribution is 5.76. The summed E-state index contributed by atoms with van der Waals surface area (Å²) in [6, 6.07) is 16.6. The first kappa shape index (κ1) is 21.0. The third-order valence-electron chi connectivity index (χ3n) is 5.15. The van der Waals surface area contributed by atoms with Gasteiger partial charge in [-0.3, -0.25) is 9.69 Å². The molecule has 0 spiro atoms. The molecule has 0 bridgehead atoms. The predicted molar refractivity (Wildman–Crippen MR) is 116 cm³/mol. The fraction of sp³-hybridized carbons (Fsp3) is 0.435. The Hall–Kier alpha value is -2.73. The van der Waals surface area contributed by atoms with Crippen LogP contribution < -0.4 is 20.1 Å². The van der Waals surface area contributed by atoms with Crippen LogP contribution >= 0.6 is 0 Å². The van der Waals surface area contributed by atoms with Crippen molar-refractivity contribution in [2.45, 2.75) is 32.4 Å². The molecule has 1 amide bonds. The Labute approximate surface area is 173 Å². The molecule has 1 heterocycles. The van der Waals surface area contributed by atoms with Gasteiger partial charge < -0.3 is 20.1 Å². The zero-order chi connectivity index (χ0) is 20.8. The Morgan fingerprint density at radius 1 is 1.14 bits per heavy atom. The molecule has 6 heteroatoms. The van der Waals surface area contributed by atoms with Crippen LogP contribution in [-0.2, 0) is 11.2 Å². The van der Waals surface area contributed by atoms with Crippen LogP contribution in [0.25, 0.3) is 0 Å². The van der Waals surface area contributed by atoms with E-state index >= 15 is 0 Å². The van der Waals surface area contributed by atoms with Crippen molar-refractivity contribution in [3.8, 4) is 11.5 Å². The first-order valence-electron chi connectivity index (χ1n) is 10.1. The van der Waals surface area contributed by atoms with Gasteiger partial charge in [0.25, 0.3) is 0 Å². The van der Waals surface area contributed by atoms with Crippen LogP contribution in [0.3, 0.4) is 0 Å². The third-order valence-corrected chi connectivity index (χ3v) is 5.15. The molecule has 2 aromatic carbocycles. The Kier molecular flexibility index (Phi) is 6.99. The number of hydrogen-bond acceptors (Lipinski definition) is 5. The van der Waals surface area contributed by atoms with Gasteiger partial charge in [0.1, 0.15) is 0 Å². The van der Waals surface area contributed by atoms with Crippen molar-refractivity contribution in [2.24, 2.45) is 5.73 Å². The maximum atomic E-state index is 11.6. The molecule has 156 valence electrons. The molecule has 1 atom stereocenters. The molecule has 1 unspecified atom stereocenters. The van der Waals surface area contributed by atoms with Gasteiger partial charge in [-0.2, -0.15) is 0 Å². The number of benzene rings is 2. The van der Waals surface area contributed by atoms with Crippen molar-refractivity contribution < 1.29 is 14.3 Å². The number of carbonyl (C=O) groups is 1. The van der Waals surface area contributed by atoms with Crippen molar-refractivity contribution in [3.05, 3.63) is 54.1 Å². The number of ether oxygens (including phenoxy) is 2. The van der Waals surface area contributed by atoms with Crippen LogP contribution in [0.1, 0.15) is 19.4 Å². The standard InChI is InChI=1S/C23H31N3O3/c1-17(2)29-22-14-19(9-10-21(22)28-3)25-11-12-26(16-23(24)27)20(15-25)13-18-7-5-4-6-8-18/h4-10,14,17,20H,11-13,15-16H2,1-3H3,(H2,24,27). The van der Waals surface area contributed by atoms with Gasteiger partial charge in [0.05, 0.1) is 19.8 Å². The third kappa shape index (κ3) is 5.64. The van der Waals surface area contributed by atoms with E-state index in [2.05, 4.69) is 28.0 Å². The van der Waals surface area contributed by atoms with E-state index in [0.29, 0.717) is 0 Å². The number of piperazine rings is 1. The van der Waals surface area contributed by atoms with Gasteiger partial charge in [-0.15, -0.1) is 0 Å². The van der Waals surface area contributed by atoms with Crippen LogP contribution in [0, 0.1) is 0 Å². The van der Waals surface area contributed by atoms with Crippen LogP contribution in [-0.4, -0.2) is 56.2 Å². The molecule has 0 radical (unpaired) electrons. The highest BCUT2D eigenvalue weighted by Gasteiger charge is 2.28. The summed E-state index contributed by atoms with van der Waals surface area (Å²) in [6.07, 6.45) is 0.938. The highest BCUT2D eigenvalue weighted by atomic mass is 16.5. The van der Waals surface area contributed by atoms with Crippen LogP contribution in [0.5, 0.6) is 11.5 Å². The van der Waals surface area contributed by atoms with Crippen LogP contribution in [0.15, 0.2) is 48.5 Å². The van der Waals surface area contributed by atoms with Gasteiger partial charge in [0.2, 0.25) is 5.91 Å². The van der Waals surface area contributed by atoms with Gasteiger partial charge in [0, 0.05) is 37.4 Å².